The normalized spacial score (nSPS) is 17.9. The minimum absolute atomic E-state index is 0.0882. The summed E-state index contributed by atoms with van der Waals surface area (Å²) in [6.07, 6.45) is 2.38. The van der Waals surface area contributed by atoms with E-state index < -0.39 is 0 Å². The van der Waals surface area contributed by atoms with E-state index in [9.17, 15) is 4.79 Å². The van der Waals surface area contributed by atoms with E-state index >= 15 is 0 Å². The maximum atomic E-state index is 12.6. The summed E-state index contributed by atoms with van der Waals surface area (Å²) in [5.41, 5.74) is 0.0882. The molecule has 23 heavy (non-hydrogen) atoms. The second-order valence-corrected chi connectivity index (χ2v) is 7.83. The van der Waals surface area contributed by atoms with Crippen LogP contribution in [0.1, 0.15) is 12.8 Å². The molecular formula is C18H16BrNO2S. The van der Waals surface area contributed by atoms with Gasteiger partial charge in [0.05, 0.1) is 0 Å². The fourth-order valence-electron chi connectivity index (χ4n) is 2.99. The molecule has 0 bridgehead atoms. The molecule has 1 unspecified atom stereocenters. The standard InChI is InChI=1S/C18H16BrNO2S/c19-11-3-5-14-16(8-11)23-17-9-13(4-6-15(17)18(14)21)22-10-12-2-1-7-20-12/h3-6,8-9,12,20H,1-2,7,10H2. The van der Waals surface area contributed by atoms with Gasteiger partial charge in [0, 0.05) is 30.7 Å². The highest BCUT2D eigenvalue weighted by molar-refractivity contribution is 9.10. The molecule has 1 saturated heterocycles. The van der Waals surface area contributed by atoms with Crippen molar-refractivity contribution in [2.24, 2.45) is 0 Å². The van der Waals surface area contributed by atoms with E-state index in [0.717, 1.165) is 36.9 Å². The van der Waals surface area contributed by atoms with Crippen LogP contribution >= 0.6 is 27.3 Å². The molecule has 1 aliphatic heterocycles. The number of rotatable bonds is 3. The van der Waals surface area contributed by atoms with Crippen LogP contribution in [0.4, 0.5) is 0 Å². The van der Waals surface area contributed by atoms with Crippen molar-refractivity contribution < 1.29 is 4.74 Å². The third kappa shape index (κ3) is 3.01. The number of hydrogen-bond acceptors (Lipinski definition) is 4. The van der Waals surface area contributed by atoms with Crippen molar-refractivity contribution in [2.75, 3.05) is 13.2 Å². The van der Waals surface area contributed by atoms with Crippen molar-refractivity contribution in [1.82, 2.24) is 5.32 Å². The quantitative estimate of drug-likeness (QED) is 0.678. The lowest BCUT2D eigenvalue weighted by molar-refractivity contribution is 0.277. The van der Waals surface area contributed by atoms with E-state index in [1.807, 2.05) is 36.4 Å². The number of ether oxygens (including phenoxy) is 1. The van der Waals surface area contributed by atoms with Crippen LogP contribution in [0.15, 0.2) is 45.7 Å². The van der Waals surface area contributed by atoms with Crippen molar-refractivity contribution in [3.63, 3.8) is 0 Å². The summed E-state index contributed by atoms with van der Waals surface area (Å²) in [5, 5.41) is 4.96. The van der Waals surface area contributed by atoms with Crippen molar-refractivity contribution in [1.29, 1.82) is 0 Å². The fraction of sp³-hybridized carbons (Fsp3) is 0.278. The van der Waals surface area contributed by atoms with Gasteiger partial charge in [0.15, 0.2) is 5.43 Å². The minimum Gasteiger partial charge on any atom is -0.492 e. The maximum absolute atomic E-state index is 12.6. The summed E-state index contributed by atoms with van der Waals surface area (Å²) in [6.45, 7) is 1.76. The summed E-state index contributed by atoms with van der Waals surface area (Å²) in [6, 6.07) is 12.0. The highest BCUT2D eigenvalue weighted by Gasteiger charge is 2.14. The molecule has 0 spiro atoms. The second kappa shape index (κ2) is 6.23. The molecule has 3 nitrogen and oxygen atoms in total. The van der Waals surface area contributed by atoms with Gasteiger partial charge < -0.3 is 10.1 Å². The number of nitrogens with one attached hydrogen (secondary N) is 1. The highest BCUT2D eigenvalue weighted by atomic mass is 79.9. The van der Waals surface area contributed by atoms with Crippen LogP contribution in [-0.2, 0) is 0 Å². The van der Waals surface area contributed by atoms with Gasteiger partial charge in [0.2, 0.25) is 0 Å². The van der Waals surface area contributed by atoms with Crippen molar-refractivity contribution >= 4 is 47.4 Å². The molecular weight excluding hydrogens is 374 g/mol. The first-order valence-corrected chi connectivity index (χ1v) is 9.34. The molecule has 1 aromatic heterocycles. The summed E-state index contributed by atoms with van der Waals surface area (Å²) in [4.78, 5) is 12.6. The van der Waals surface area contributed by atoms with E-state index in [-0.39, 0.29) is 5.43 Å². The first-order valence-electron chi connectivity index (χ1n) is 7.73. The molecule has 118 valence electrons. The molecule has 0 saturated carbocycles. The van der Waals surface area contributed by atoms with Gasteiger partial charge in [-0.15, -0.1) is 11.3 Å². The highest BCUT2D eigenvalue weighted by Crippen LogP contribution is 2.29. The smallest absolute Gasteiger partial charge is 0.195 e. The Kier molecular flexibility index (Phi) is 4.09. The molecule has 4 rings (SSSR count). The third-order valence-electron chi connectivity index (χ3n) is 4.22. The second-order valence-electron chi connectivity index (χ2n) is 5.83. The Morgan fingerprint density at radius 1 is 1.17 bits per heavy atom. The molecule has 0 radical (unpaired) electrons. The summed E-state index contributed by atoms with van der Waals surface area (Å²) >= 11 is 5.10. The Balaban J connectivity index is 1.72. The molecule has 0 aliphatic carbocycles. The first kappa shape index (κ1) is 15.1. The molecule has 1 fully saturated rings. The van der Waals surface area contributed by atoms with Crippen LogP contribution in [0.25, 0.3) is 20.2 Å². The van der Waals surface area contributed by atoms with Crippen molar-refractivity contribution in [3.8, 4) is 5.75 Å². The van der Waals surface area contributed by atoms with Gasteiger partial charge in [-0.3, -0.25) is 4.79 Å². The Labute approximate surface area is 146 Å². The van der Waals surface area contributed by atoms with E-state index in [2.05, 4.69) is 21.2 Å². The van der Waals surface area contributed by atoms with Crippen LogP contribution in [0.3, 0.4) is 0 Å². The van der Waals surface area contributed by atoms with Gasteiger partial charge in [-0.25, -0.2) is 0 Å². The molecule has 0 amide bonds. The molecule has 2 aromatic carbocycles. The van der Waals surface area contributed by atoms with Gasteiger partial charge in [0.25, 0.3) is 0 Å². The summed E-state index contributed by atoms with van der Waals surface area (Å²) < 4.78 is 8.85. The van der Waals surface area contributed by atoms with E-state index in [4.69, 9.17) is 4.74 Å². The lowest BCUT2D eigenvalue weighted by Crippen LogP contribution is -2.28. The number of fused-ring (bicyclic) bond motifs is 2. The maximum Gasteiger partial charge on any atom is 0.195 e. The van der Waals surface area contributed by atoms with Gasteiger partial charge in [-0.1, -0.05) is 15.9 Å². The molecule has 1 aliphatic rings. The van der Waals surface area contributed by atoms with Crippen molar-refractivity contribution in [3.05, 3.63) is 51.1 Å². The zero-order valence-electron chi connectivity index (χ0n) is 12.5. The largest absolute Gasteiger partial charge is 0.492 e. The SMILES string of the molecule is O=c1c2ccc(Br)cc2sc2cc(OCC3CCCN3)ccc12. The zero-order chi connectivity index (χ0) is 15.8. The number of halogens is 1. The van der Waals surface area contributed by atoms with E-state index in [1.165, 1.54) is 12.8 Å². The summed E-state index contributed by atoms with van der Waals surface area (Å²) in [5.74, 6) is 0.830. The van der Waals surface area contributed by atoms with Crippen LogP contribution in [-0.4, -0.2) is 19.2 Å². The van der Waals surface area contributed by atoms with Crippen LogP contribution in [0, 0.1) is 0 Å². The third-order valence-corrected chi connectivity index (χ3v) is 5.83. The Bertz CT molecular complexity index is 931. The monoisotopic (exact) mass is 389 g/mol. The lowest BCUT2D eigenvalue weighted by atomic mass is 10.2. The molecule has 3 aromatic rings. The fourth-order valence-corrected chi connectivity index (χ4v) is 4.64. The Morgan fingerprint density at radius 3 is 2.74 bits per heavy atom. The predicted molar refractivity (Wildman–Crippen MR) is 99.8 cm³/mol. The summed E-state index contributed by atoms with van der Waals surface area (Å²) in [7, 11) is 0. The van der Waals surface area contributed by atoms with Crippen LogP contribution in [0.2, 0.25) is 0 Å². The average molecular weight is 390 g/mol. The zero-order valence-corrected chi connectivity index (χ0v) is 14.9. The molecule has 2 heterocycles. The average Bonchev–Trinajstić information content (AvgIpc) is 3.06. The van der Waals surface area contributed by atoms with E-state index in [0.29, 0.717) is 12.6 Å². The minimum atomic E-state index is 0.0882. The predicted octanol–water partition coefficient (Wildman–Crippen LogP) is 4.31. The first-order chi connectivity index (χ1) is 11.2. The topological polar surface area (TPSA) is 38.3 Å². The number of hydrogen-bond donors (Lipinski definition) is 1. The Morgan fingerprint density at radius 2 is 1.96 bits per heavy atom. The molecule has 1 atom stereocenters. The Hall–Kier alpha value is -1.43. The van der Waals surface area contributed by atoms with Gasteiger partial charge in [-0.05, 0) is 55.8 Å². The van der Waals surface area contributed by atoms with Gasteiger partial charge in [0.1, 0.15) is 12.4 Å². The van der Waals surface area contributed by atoms with Crippen molar-refractivity contribution in [2.45, 2.75) is 18.9 Å². The van der Waals surface area contributed by atoms with Gasteiger partial charge >= 0.3 is 0 Å². The van der Waals surface area contributed by atoms with E-state index in [1.54, 1.807) is 11.3 Å². The number of benzene rings is 2. The van der Waals surface area contributed by atoms with Crippen LogP contribution < -0.4 is 15.5 Å². The van der Waals surface area contributed by atoms with Crippen LogP contribution in [0.5, 0.6) is 5.75 Å². The lowest BCUT2D eigenvalue weighted by Gasteiger charge is -2.12. The van der Waals surface area contributed by atoms with Gasteiger partial charge in [-0.2, -0.15) is 0 Å². The molecule has 5 heteroatoms. The molecule has 1 N–H and O–H groups in total.